The van der Waals surface area contributed by atoms with Crippen molar-refractivity contribution < 1.29 is 0 Å². The van der Waals surface area contributed by atoms with Gasteiger partial charge in [-0.15, -0.1) is 0 Å². The lowest BCUT2D eigenvalue weighted by atomic mass is 9.52. The molecule has 7 rings (SSSR count). The van der Waals surface area contributed by atoms with Gasteiger partial charge in [-0.2, -0.15) is 0 Å². The third-order valence-corrected chi connectivity index (χ3v) is 11.8. The zero-order chi connectivity index (χ0) is 26.8. The standard InChI is InChI=1S/C39H46/c1-37(2)23-24-38(3,4)35-26-33-32(25-34(35)37)30-21-13-14-22-31(30)36(33)39(29-19-11-12-20-29,27-15-7-5-8-16-27)28-17-9-6-10-18-28/h5-10,13-18,21-22,25-26,29-33,36H,11-12,19-20,23-24H2,1-4H3. The molecule has 0 heterocycles. The van der Waals surface area contributed by atoms with Gasteiger partial charge in [-0.25, -0.2) is 0 Å². The fourth-order valence-corrected chi connectivity index (χ4v) is 9.93. The molecule has 0 heteroatoms. The van der Waals surface area contributed by atoms with Gasteiger partial charge in [0.25, 0.3) is 0 Å². The van der Waals surface area contributed by atoms with E-state index in [1.807, 2.05) is 0 Å². The van der Waals surface area contributed by atoms with E-state index in [0.717, 1.165) is 0 Å². The molecule has 5 atom stereocenters. The number of hydrogen-bond acceptors (Lipinski definition) is 0. The smallest absolute Gasteiger partial charge is 0.0270 e. The molecule has 5 unspecified atom stereocenters. The highest BCUT2D eigenvalue weighted by Gasteiger charge is 2.61. The predicted molar refractivity (Wildman–Crippen MR) is 164 cm³/mol. The first-order valence-electron chi connectivity index (χ1n) is 15.7. The SMILES string of the molecule is CC1(C)CCC(C)(C)C2=CC3C(C=C21)C1C=CC=CC1C3C(c1ccccc1)(c1ccccc1)C1CCCC1. The van der Waals surface area contributed by atoms with Crippen molar-refractivity contribution in [1.29, 1.82) is 0 Å². The first-order chi connectivity index (χ1) is 18.8. The molecule has 3 saturated carbocycles. The number of allylic oxidation sites excluding steroid dienone is 8. The summed E-state index contributed by atoms with van der Waals surface area (Å²) in [6.07, 6.45) is 23.5. The van der Waals surface area contributed by atoms with Crippen molar-refractivity contribution in [2.24, 2.45) is 46.3 Å². The number of fused-ring (bicyclic) bond motifs is 4. The maximum absolute atomic E-state index is 2.85. The molecule has 0 N–H and O–H groups in total. The van der Waals surface area contributed by atoms with Gasteiger partial charge in [-0.1, -0.05) is 138 Å². The third kappa shape index (κ3) is 3.77. The lowest BCUT2D eigenvalue weighted by Gasteiger charge is -2.51. The Kier molecular flexibility index (Phi) is 6.00. The van der Waals surface area contributed by atoms with Crippen LogP contribution in [0.5, 0.6) is 0 Å². The van der Waals surface area contributed by atoms with Gasteiger partial charge < -0.3 is 0 Å². The van der Waals surface area contributed by atoms with E-state index in [2.05, 4.69) is 125 Å². The molecule has 0 saturated heterocycles. The highest BCUT2D eigenvalue weighted by atomic mass is 14.6. The van der Waals surface area contributed by atoms with Crippen LogP contribution in [0.15, 0.2) is 108 Å². The van der Waals surface area contributed by atoms with Crippen molar-refractivity contribution in [3.8, 4) is 0 Å². The Labute approximate surface area is 237 Å². The summed E-state index contributed by atoms with van der Waals surface area (Å²) in [6.45, 7) is 10.0. The Hall–Kier alpha value is -2.60. The number of hydrogen-bond donors (Lipinski definition) is 0. The van der Waals surface area contributed by atoms with Crippen molar-refractivity contribution in [3.05, 3.63) is 119 Å². The number of rotatable bonds is 4. The molecule has 0 aromatic heterocycles. The molecule has 5 aliphatic rings. The fraction of sp³-hybridized carbons (Fsp3) is 0.487. The first-order valence-corrected chi connectivity index (χ1v) is 15.7. The highest BCUT2D eigenvalue weighted by Crippen LogP contribution is 2.66. The van der Waals surface area contributed by atoms with Crippen molar-refractivity contribution in [1.82, 2.24) is 0 Å². The molecule has 5 aliphatic carbocycles. The van der Waals surface area contributed by atoms with Crippen molar-refractivity contribution in [2.75, 3.05) is 0 Å². The Balaban J connectivity index is 1.51. The van der Waals surface area contributed by atoms with E-state index in [-0.39, 0.29) is 16.2 Å². The quantitative estimate of drug-likeness (QED) is 0.381. The summed E-state index contributed by atoms with van der Waals surface area (Å²) in [5.74, 6) is 3.44. The van der Waals surface area contributed by atoms with Crippen LogP contribution in [0.25, 0.3) is 0 Å². The van der Waals surface area contributed by atoms with Crippen LogP contribution in [0.3, 0.4) is 0 Å². The molecular formula is C39H46. The van der Waals surface area contributed by atoms with Crippen LogP contribution in [0.1, 0.15) is 77.3 Å². The predicted octanol–water partition coefficient (Wildman–Crippen LogP) is 10.1. The van der Waals surface area contributed by atoms with E-state index < -0.39 is 0 Å². The minimum Gasteiger partial charge on any atom is -0.0805 e. The van der Waals surface area contributed by atoms with Crippen molar-refractivity contribution >= 4 is 0 Å². The normalized spacial score (nSPS) is 32.7. The molecule has 0 bridgehead atoms. The van der Waals surface area contributed by atoms with Crippen LogP contribution in [0.4, 0.5) is 0 Å². The minimum absolute atomic E-state index is 0.00754. The van der Waals surface area contributed by atoms with Crippen LogP contribution in [0.2, 0.25) is 0 Å². The molecule has 2 aromatic carbocycles. The second kappa shape index (κ2) is 9.22. The largest absolute Gasteiger partial charge is 0.0805 e. The van der Waals surface area contributed by atoms with E-state index in [1.54, 1.807) is 22.3 Å². The molecule has 2 aromatic rings. The molecular weight excluding hydrogens is 468 g/mol. The van der Waals surface area contributed by atoms with Gasteiger partial charge >= 0.3 is 0 Å². The maximum atomic E-state index is 2.85. The molecule has 0 spiro atoms. The Bertz CT molecular complexity index is 1290. The van der Waals surface area contributed by atoms with E-state index in [4.69, 9.17) is 0 Å². The third-order valence-electron chi connectivity index (χ3n) is 11.8. The average Bonchev–Trinajstić information content (AvgIpc) is 3.61. The van der Waals surface area contributed by atoms with Crippen LogP contribution < -0.4 is 0 Å². The lowest BCUT2D eigenvalue weighted by molar-refractivity contribution is 0.155. The second-order valence-electron chi connectivity index (χ2n) is 14.6. The van der Waals surface area contributed by atoms with Gasteiger partial charge in [-0.05, 0) is 94.3 Å². The van der Waals surface area contributed by atoms with Gasteiger partial charge in [0.05, 0.1) is 0 Å². The molecule has 0 amide bonds. The van der Waals surface area contributed by atoms with Gasteiger partial charge in [0.1, 0.15) is 0 Å². The minimum atomic E-state index is 0.00754. The molecule has 0 radical (unpaired) electrons. The molecule has 39 heavy (non-hydrogen) atoms. The van der Waals surface area contributed by atoms with Gasteiger partial charge in [0, 0.05) is 5.41 Å². The van der Waals surface area contributed by atoms with Crippen LogP contribution in [0, 0.1) is 46.3 Å². The summed E-state index contributed by atoms with van der Waals surface area (Å²) in [4.78, 5) is 0. The fourth-order valence-electron chi connectivity index (χ4n) is 9.93. The summed E-state index contributed by atoms with van der Waals surface area (Å²) in [5.41, 5.74) is 6.93. The van der Waals surface area contributed by atoms with Gasteiger partial charge in [0.2, 0.25) is 0 Å². The van der Waals surface area contributed by atoms with Crippen LogP contribution in [-0.2, 0) is 5.41 Å². The zero-order valence-corrected chi connectivity index (χ0v) is 24.4. The van der Waals surface area contributed by atoms with Gasteiger partial charge in [0.15, 0.2) is 0 Å². The molecule has 3 fully saturated rings. The summed E-state index contributed by atoms with van der Waals surface area (Å²) < 4.78 is 0. The maximum Gasteiger partial charge on any atom is 0.0270 e. The van der Waals surface area contributed by atoms with Crippen LogP contribution in [-0.4, -0.2) is 0 Å². The monoisotopic (exact) mass is 514 g/mol. The van der Waals surface area contributed by atoms with E-state index in [1.165, 1.54) is 38.5 Å². The Morgan fingerprint density at radius 2 is 1.08 bits per heavy atom. The average molecular weight is 515 g/mol. The second-order valence-corrected chi connectivity index (χ2v) is 14.6. The Morgan fingerprint density at radius 3 is 1.62 bits per heavy atom. The van der Waals surface area contributed by atoms with E-state index >= 15 is 0 Å². The molecule has 0 nitrogen and oxygen atoms in total. The van der Waals surface area contributed by atoms with E-state index in [9.17, 15) is 0 Å². The first kappa shape index (κ1) is 25.4. The van der Waals surface area contributed by atoms with Crippen molar-refractivity contribution in [2.45, 2.75) is 71.6 Å². The number of benzene rings is 2. The van der Waals surface area contributed by atoms with Gasteiger partial charge in [-0.3, -0.25) is 0 Å². The van der Waals surface area contributed by atoms with E-state index in [0.29, 0.717) is 35.5 Å². The summed E-state index contributed by atoms with van der Waals surface area (Å²) in [5, 5.41) is 0. The van der Waals surface area contributed by atoms with Crippen LogP contribution >= 0.6 is 0 Å². The summed E-state index contributed by atoms with van der Waals surface area (Å²) in [7, 11) is 0. The highest BCUT2D eigenvalue weighted by molar-refractivity contribution is 5.51. The molecule has 0 aliphatic heterocycles. The summed E-state index contributed by atoms with van der Waals surface area (Å²) in [6, 6.07) is 23.5. The summed E-state index contributed by atoms with van der Waals surface area (Å²) >= 11 is 0. The Morgan fingerprint density at radius 1 is 0.590 bits per heavy atom. The molecule has 202 valence electrons. The topological polar surface area (TPSA) is 0 Å². The lowest BCUT2D eigenvalue weighted by Crippen LogP contribution is -2.47. The zero-order valence-electron chi connectivity index (χ0n) is 24.4. The van der Waals surface area contributed by atoms with Crippen molar-refractivity contribution in [3.63, 3.8) is 0 Å².